The van der Waals surface area contributed by atoms with E-state index < -0.39 is 10.5 Å². The third-order valence-corrected chi connectivity index (χ3v) is 2.37. The fourth-order valence-electron chi connectivity index (χ4n) is 1.62. The van der Waals surface area contributed by atoms with Gasteiger partial charge in [0.25, 0.3) is 5.69 Å². The molecule has 0 amide bonds. The lowest BCUT2D eigenvalue weighted by Crippen LogP contribution is -2.27. The predicted octanol–water partition coefficient (Wildman–Crippen LogP) is 0.372. The Kier molecular flexibility index (Phi) is 2.84. The molecule has 2 aromatic rings. The topological polar surface area (TPSA) is 96.5 Å². The lowest BCUT2D eigenvalue weighted by Gasteiger charge is -2.09. The number of non-ortho nitro benzene ring substituents is 1. The van der Waals surface area contributed by atoms with Gasteiger partial charge in [-0.15, -0.1) is 0 Å². The van der Waals surface area contributed by atoms with Crippen molar-refractivity contribution >= 4 is 16.6 Å². The molecular weight excluding hydrogens is 242 g/mol. The van der Waals surface area contributed by atoms with Gasteiger partial charge < -0.3 is 9.57 Å². The average Bonchev–Trinajstić information content (AvgIpc) is 2.37. The molecule has 0 unspecified atom stereocenters. The number of benzene rings is 1. The molecule has 18 heavy (non-hydrogen) atoms. The van der Waals surface area contributed by atoms with E-state index in [1.807, 2.05) is 0 Å². The molecular formula is C10H9N3O5. The molecule has 0 bridgehead atoms. The van der Waals surface area contributed by atoms with Gasteiger partial charge in [0.1, 0.15) is 12.5 Å². The Hall–Kier alpha value is -2.64. The summed E-state index contributed by atoms with van der Waals surface area (Å²) in [6, 6.07) is 4.10. The van der Waals surface area contributed by atoms with Crippen LogP contribution >= 0.6 is 0 Å². The summed E-state index contributed by atoms with van der Waals surface area (Å²) in [6.07, 6.45) is 0. The van der Waals surface area contributed by atoms with Gasteiger partial charge in [0, 0.05) is 6.07 Å². The van der Waals surface area contributed by atoms with Crippen molar-refractivity contribution in [1.82, 2.24) is 9.71 Å². The molecule has 0 aliphatic heterocycles. The lowest BCUT2D eigenvalue weighted by atomic mass is 10.2. The van der Waals surface area contributed by atoms with Gasteiger partial charge in [-0.3, -0.25) is 14.9 Å². The summed E-state index contributed by atoms with van der Waals surface area (Å²) >= 11 is 0. The van der Waals surface area contributed by atoms with Gasteiger partial charge in [-0.05, 0) is 6.07 Å². The quantitative estimate of drug-likeness (QED) is 0.577. The van der Waals surface area contributed by atoms with E-state index in [4.69, 9.17) is 9.57 Å². The van der Waals surface area contributed by atoms with Gasteiger partial charge in [-0.1, -0.05) is 10.8 Å². The highest BCUT2D eigenvalue weighted by Crippen LogP contribution is 2.22. The first-order valence-corrected chi connectivity index (χ1v) is 4.88. The van der Waals surface area contributed by atoms with Crippen molar-refractivity contribution in [2.24, 2.45) is 0 Å². The fraction of sp³-hybridized carbons (Fsp3) is 0.200. The molecule has 0 saturated carbocycles. The van der Waals surface area contributed by atoms with Crippen LogP contribution in [0.5, 0.6) is 6.01 Å². The summed E-state index contributed by atoms with van der Waals surface area (Å²) in [4.78, 5) is 31.1. The first kappa shape index (κ1) is 11.8. The largest absolute Gasteiger partial charge is 0.466 e. The average molecular weight is 251 g/mol. The van der Waals surface area contributed by atoms with Crippen LogP contribution in [-0.2, 0) is 0 Å². The van der Waals surface area contributed by atoms with Crippen LogP contribution in [0, 0.1) is 10.1 Å². The molecule has 2 rings (SSSR count). The Bertz CT molecular complexity index is 679. The Balaban J connectivity index is 2.96. The zero-order valence-electron chi connectivity index (χ0n) is 9.61. The molecule has 0 fully saturated rings. The smallest absolute Gasteiger partial charge is 0.334 e. The van der Waals surface area contributed by atoms with Crippen LogP contribution in [0.2, 0.25) is 0 Å². The molecule has 94 valence electrons. The minimum Gasteiger partial charge on any atom is -0.466 e. The third kappa shape index (κ3) is 1.63. The van der Waals surface area contributed by atoms with Crippen LogP contribution in [0.3, 0.4) is 0 Å². The van der Waals surface area contributed by atoms with E-state index in [0.29, 0.717) is 0 Å². The number of aromatic nitrogens is 2. The maximum absolute atomic E-state index is 12.1. The monoisotopic (exact) mass is 251 g/mol. The number of nitro benzene ring substituents is 1. The highest BCUT2D eigenvalue weighted by molar-refractivity contribution is 5.87. The molecule has 0 aliphatic carbocycles. The SMILES string of the molecule is COc1nc2cccc([N+](=O)[O-])c2c(=O)n1OC. The van der Waals surface area contributed by atoms with E-state index in [1.165, 1.54) is 32.4 Å². The van der Waals surface area contributed by atoms with Crippen molar-refractivity contribution in [2.45, 2.75) is 0 Å². The van der Waals surface area contributed by atoms with Crippen molar-refractivity contribution in [2.75, 3.05) is 14.2 Å². The molecule has 0 atom stereocenters. The van der Waals surface area contributed by atoms with Crippen LogP contribution in [0.25, 0.3) is 10.9 Å². The molecule has 0 saturated heterocycles. The lowest BCUT2D eigenvalue weighted by molar-refractivity contribution is -0.383. The minimum atomic E-state index is -0.688. The van der Waals surface area contributed by atoms with Gasteiger partial charge in [0.05, 0.1) is 17.5 Å². The van der Waals surface area contributed by atoms with Crippen molar-refractivity contribution in [3.05, 3.63) is 38.7 Å². The van der Waals surface area contributed by atoms with E-state index >= 15 is 0 Å². The first-order valence-electron chi connectivity index (χ1n) is 4.88. The number of hydrogen-bond acceptors (Lipinski definition) is 6. The maximum atomic E-state index is 12.1. The summed E-state index contributed by atoms with van der Waals surface area (Å²) in [5, 5.41) is 10.8. The van der Waals surface area contributed by atoms with E-state index in [9.17, 15) is 14.9 Å². The van der Waals surface area contributed by atoms with E-state index in [2.05, 4.69) is 4.98 Å². The number of rotatable bonds is 3. The molecule has 1 aromatic heterocycles. The Labute approximate surface area is 100 Å². The number of nitrogens with zero attached hydrogens (tertiary/aromatic N) is 3. The Morgan fingerprint density at radius 1 is 1.39 bits per heavy atom. The summed E-state index contributed by atoms with van der Waals surface area (Å²) in [5.74, 6) is 0. The standard InChI is InChI=1S/C10H9N3O5/c1-17-10-11-6-4-3-5-7(13(15)16)8(6)9(14)12(10)18-2/h3-5H,1-2H3. The summed E-state index contributed by atoms with van der Waals surface area (Å²) < 4.78 is 5.64. The normalized spacial score (nSPS) is 10.3. The number of ether oxygens (including phenoxy) is 1. The van der Waals surface area contributed by atoms with Crippen molar-refractivity contribution < 1.29 is 14.5 Å². The first-order chi connectivity index (χ1) is 8.60. The number of fused-ring (bicyclic) bond motifs is 1. The van der Waals surface area contributed by atoms with Crippen LogP contribution in [0.4, 0.5) is 5.69 Å². The van der Waals surface area contributed by atoms with Crippen LogP contribution in [0.1, 0.15) is 0 Å². The van der Waals surface area contributed by atoms with Gasteiger partial charge in [-0.25, -0.2) is 0 Å². The second-order valence-corrected chi connectivity index (χ2v) is 3.31. The molecule has 0 spiro atoms. The van der Waals surface area contributed by atoms with Crippen LogP contribution < -0.4 is 15.1 Å². The van der Waals surface area contributed by atoms with Gasteiger partial charge >= 0.3 is 11.6 Å². The molecule has 8 nitrogen and oxygen atoms in total. The van der Waals surface area contributed by atoms with Crippen LogP contribution in [0.15, 0.2) is 23.0 Å². The van der Waals surface area contributed by atoms with Gasteiger partial charge in [-0.2, -0.15) is 4.98 Å². The number of methoxy groups -OCH3 is 1. The fourth-order valence-corrected chi connectivity index (χ4v) is 1.62. The molecule has 1 aromatic carbocycles. The summed E-state index contributed by atoms with van der Waals surface area (Å²) in [5.41, 5.74) is -0.829. The zero-order chi connectivity index (χ0) is 13.3. The van der Waals surface area contributed by atoms with E-state index in [0.717, 1.165) is 4.73 Å². The van der Waals surface area contributed by atoms with E-state index in [-0.39, 0.29) is 22.6 Å². The number of hydrogen-bond donors (Lipinski definition) is 0. The van der Waals surface area contributed by atoms with Crippen LogP contribution in [-0.4, -0.2) is 28.9 Å². The maximum Gasteiger partial charge on any atom is 0.334 e. The Morgan fingerprint density at radius 3 is 2.67 bits per heavy atom. The zero-order valence-corrected chi connectivity index (χ0v) is 9.61. The highest BCUT2D eigenvalue weighted by Gasteiger charge is 2.20. The van der Waals surface area contributed by atoms with Gasteiger partial charge in [0.15, 0.2) is 0 Å². The molecule has 0 N–H and O–H groups in total. The molecule has 0 radical (unpaired) electrons. The third-order valence-electron chi connectivity index (χ3n) is 2.37. The van der Waals surface area contributed by atoms with Crippen molar-refractivity contribution in [1.29, 1.82) is 0 Å². The second kappa shape index (κ2) is 4.32. The summed E-state index contributed by atoms with van der Waals surface area (Å²) in [6.45, 7) is 0. The van der Waals surface area contributed by atoms with Crippen molar-refractivity contribution in [3.63, 3.8) is 0 Å². The second-order valence-electron chi connectivity index (χ2n) is 3.31. The highest BCUT2D eigenvalue weighted by atomic mass is 16.7. The minimum absolute atomic E-state index is 0.0736. The van der Waals surface area contributed by atoms with Crippen molar-refractivity contribution in [3.8, 4) is 6.01 Å². The van der Waals surface area contributed by atoms with Gasteiger partial charge in [0.2, 0.25) is 0 Å². The molecule has 1 heterocycles. The molecule has 0 aliphatic rings. The predicted molar refractivity (Wildman–Crippen MR) is 61.7 cm³/mol. The summed E-state index contributed by atoms with van der Waals surface area (Å²) in [7, 11) is 2.56. The van der Waals surface area contributed by atoms with E-state index in [1.54, 1.807) is 0 Å². The Morgan fingerprint density at radius 2 is 2.11 bits per heavy atom. The number of nitro groups is 1. The molecule has 8 heteroatoms.